The minimum Gasteiger partial charge on any atom is -0.181 e. The van der Waals surface area contributed by atoms with Crippen LogP contribution in [0.4, 0.5) is 0 Å². The summed E-state index contributed by atoms with van der Waals surface area (Å²) in [5.41, 5.74) is 0. The third-order valence-electron chi connectivity index (χ3n) is 0.925. The van der Waals surface area contributed by atoms with E-state index in [4.69, 9.17) is 11.8 Å². The van der Waals surface area contributed by atoms with Crippen molar-refractivity contribution in [2.45, 2.75) is 6.92 Å². The molecule has 0 fully saturated rings. The molecule has 2 nitrogen and oxygen atoms in total. The van der Waals surface area contributed by atoms with Crippen LogP contribution in [0.5, 0.6) is 0 Å². The third-order valence-corrected chi connectivity index (χ3v) is 1.12. The molecule has 0 saturated carbocycles. The van der Waals surface area contributed by atoms with Gasteiger partial charge in [-0.1, -0.05) is 13.0 Å². The Kier molecular flexibility index (Phi) is 1.53. The van der Waals surface area contributed by atoms with E-state index in [-0.39, 0.29) is 0 Å². The lowest BCUT2D eigenvalue weighted by molar-refractivity contribution is 0.632. The molecule has 1 atom stereocenters. The lowest BCUT2D eigenvalue weighted by Gasteiger charge is -2.08. The molecular weight excluding hydrogens is 124 g/mol. The molecule has 1 rings (SSSR count). The van der Waals surface area contributed by atoms with Gasteiger partial charge in [-0.15, -0.1) is 0 Å². The molecule has 0 aliphatic carbocycles. The number of hydrogen-bond donors (Lipinski definition) is 0. The Labute approximate surface area is 53.5 Å². The van der Waals surface area contributed by atoms with Crippen LogP contribution in [0.15, 0.2) is 17.4 Å². The summed E-state index contributed by atoms with van der Waals surface area (Å²) in [6.07, 6.45) is 5.49. The summed E-state index contributed by atoms with van der Waals surface area (Å²) in [7, 11) is 0. The van der Waals surface area contributed by atoms with E-state index < -0.39 is 0 Å². The maximum Gasteiger partial charge on any atom is 0.0388 e. The molecule has 0 radical (unpaired) electrons. The summed E-state index contributed by atoms with van der Waals surface area (Å²) in [6, 6.07) is 0. The van der Waals surface area contributed by atoms with Crippen LogP contribution < -0.4 is 0 Å². The Morgan fingerprint density at radius 3 is 2.88 bits per heavy atom. The SMILES string of the molecule is CC1C=CN(Cl)N=C1. The molecule has 1 unspecified atom stereocenters. The third kappa shape index (κ3) is 1.23. The van der Waals surface area contributed by atoms with Crippen molar-refractivity contribution in [2.24, 2.45) is 11.0 Å². The van der Waals surface area contributed by atoms with Crippen LogP contribution in [0.25, 0.3) is 0 Å². The number of allylic oxidation sites excluding steroid dienone is 1. The molecule has 1 aliphatic heterocycles. The molecule has 0 aromatic carbocycles. The van der Waals surface area contributed by atoms with E-state index in [1.54, 1.807) is 12.4 Å². The van der Waals surface area contributed by atoms with Crippen LogP contribution in [0.2, 0.25) is 0 Å². The van der Waals surface area contributed by atoms with Gasteiger partial charge in [0.05, 0.1) is 0 Å². The summed E-state index contributed by atoms with van der Waals surface area (Å²) in [4.78, 5) is 0. The van der Waals surface area contributed by atoms with Crippen LogP contribution in [-0.2, 0) is 0 Å². The second kappa shape index (κ2) is 2.18. The van der Waals surface area contributed by atoms with Gasteiger partial charge in [-0.05, 0) is 0 Å². The van der Waals surface area contributed by atoms with Crippen molar-refractivity contribution in [2.75, 3.05) is 0 Å². The molecule has 1 heterocycles. The molecule has 44 valence electrons. The predicted molar refractivity (Wildman–Crippen MR) is 34.5 cm³/mol. The number of halogens is 1. The highest BCUT2D eigenvalue weighted by atomic mass is 35.5. The minimum absolute atomic E-state index is 0.421. The van der Waals surface area contributed by atoms with Gasteiger partial charge in [-0.3, -0.25) is 0 Å². The zero-order valence-corrected chi connectivity index (χ0v) is 5.34. The zero-order valence-electron chi connectivity index (χ0n) is 4.58. The molecule has 0 aromatic rings. The number of rotatable bonds is 0. The fraction of sp³-hybridized carbons (Fsp3) is 0.400. The fourth-order valence-corrected chi connectivity index (χ4v) is 0.579. The van der Waals surface area contributed by atoms with E-state index in [9.17, 15) is 0 Å². The van der Waals surface area contributed by atoms with Crippen molar-refractivity contribution < 1.29 is 0 Å². The van der Waals surface area contributed by atoms with Crippen molar-refractivity contribution in [1.29, 1.82) is 0 Å². The summed E-state index contributed by atoms with van der Waals surface area (Å²) < 4.78 is 1.26. The predicted octanol–water partition coefficient (Wildman–Crippen LogP) is 1.59. The van der Waals surface area contributed by atoms with Crippen molar-refractivity contribution in [1.82, 2.24) is 4.53 Å². The van der Waals surface area contributed by atoms with Gasteiger partial charge in [0.1, 0.15) is 0 Å². The average Bonchev–Trinajstić information content (AvgIpc) is 1.77. The first-order chi connectivity index (χ1) is 3.79. The molecule has 0 aromatic heterocycles. The highest BCUT2D eigenvalue weighted by Crippen LogP contribution is 2.05. The van der Waals surface area contributed by atoms with Gasteiger partial charge in [0.2, 0.25) is 0 Å². The lowest BCUT2D eigenvalue weighted by atomic mass is 10.2. The van der Waals surface area contributed by atoms with E-state index in [2.05, 4.69) is 5.10 Å². The van der Waals surface area contributed by atoms with Crippen LogP contribution >= 0.6 is 11.8 Å². The Bertz CT molecular complexity index is 102. The van der Waals surface area contributed by atoms with Gasteiger partial charge in [0.25, 0.3) is 0 Å². The van der Waals surface area contributed by atoms with E-state index >= 15 is 0 Å². The molecule has 3 heteroatoms. The quantitative estimate of drug-likeness (QED) is 0.455. The monoisotopic (exact) mass is 130 g/mol. The summed E-state index contributed by atoms with van der Waals surface area (Å²) in [6.45, 7) is 2.05. The first kappa shape index (κ1) is 5.63. The molecule has 0 bridgehead atoms. The standard InChI is InChI=1S/C5H7ClN2/c1-5-2-3-8(6)7-4-5/h2-5H,1H3. The van der Waals surface area contributed by atoms with Crippen LogP contribution in [0.1, 0.15) is 6.92 Å². The Morgan fingerprint density at radius 1 is 1.75 bits per heavy atom. The smallest absolute Gasteiger partial charge is 0.0388 e. The maximum absolute atomic E-state index is 5.43. The number of hydrazone groups is 1. The van der Waals surface area contributed by atoms with Crippen molar-refractivity contribution in [3.8, 4) is 0 Å². The Morgan fingerprint density at radius 2 is 2.50 bits per heavy atom. The molecule has 8 heavy (non-hydrogen) atoms. The van der Waals surface area contributed by atoms with Crippen LogP contribution in [0.3, 0.4) is 0 Å². The highest BCUT2D eigenvalue weighted by Gasteiger charge is 1.98. The van der Waals surface area contributed by atoms with Gasteiger partial charge < -0.3 is 0 Å². The summed E-state index contributed by atoms with van der Waals surface area (Å²) in [5, 5.41) is 3.80. The molecule has 0 spiro atoms. The van der Waals surface area contributed by atoms with Gasteiger partial charge in [-0.25, -0.2) is 0 Å². The van der Waals surface area contributed by atoms with Gasteiger partial charge >= 0.3 is 0 Å². The minimum atomic E-state index is 0.421. The van der Waals surface area contributed by atoms with Gasteiger partial charge in [0, 0.05) is 30.1 Å². The number of nitrogens with zero attached hydrogens (tertiary/aromatic N) is 2. The van der Waals surface area contributed by atoms with Gasteiger partial charge in [0.15, 0.2) is 0 Å². The summed E-state index contributed by atoms with van der Waals surface area (Å²) >= 11 is 5.43. The van der Waals surface area contributed by atoms with Crippen molar-refractivity contribution >= 4 is 18.0 Å². The molecule has 0 saturated heterocycles. The summed E-state index contributed by atoms with van der Waals surface area (Å²) in [5.74, 6) is 0.421. The zero-order chi connectivity index (χ0) is 5.98. The Hall–Kier alpha value is -0.500. The highest BCUT2D eigenvalue weighted by molar-refractivity contribution is 6.14. The van der Waals surface area contributed by atoms with Crippen LogP contribution in [-0.4, -0.2) is 10.7 Å². The first-order valence-electron chi connectivity index (χ1n) is 2.46. The van der Waals surface area contributed by atoms with Crippen LogP contribution in [0, 0.1) is 5.92 Å². The largest absolute Gasteiger partial charge is 0.181 e. The van der Waals surface area contributed by atoms with E-state index in [1.165, 1.54) is 4.53 Å². The van der Waals surface area contributed by atoms with Crippen molar-refractivity contribution in [3.05, 3.63) is 12.3 Å². The number of hydrogen-bond acceptors (Lipinski definition) is 2. The average molecular weight is 131 g/mol. The molecule has 1 aliphatic rings. The van der Waals surface area contributed by atoms with E-state index in [1.807, 2.05) is 13.0 Å². The van der Waals surface area contributed by atoms with Crippen molar-refractivity contribution in [3.63, 3.8) is 0 Å². The van der Waals surface area contributed by atoms with E-state index in [0.29, 0.717) is 5.92 Å². The Balaban J connectivity index is 2.54. The molecule has 0 amide bonds. The second-order valence-electron chi connectivity index (χ2n) is 1.75. The molecular formula is C5H7ClN2. The lowest BCUT2D eigenvalue weighted by Crippen LogP contribution is -2.04. The first-order valence-corrected chi connectivity index (χ1v) is 2.80. The van der Waals surface area contributed by atoms with Gasteiger partial charge in [-0.2, -0.15) is 9.63 Å². The van der Waals surface area contributed by atoms with E-state index in [0.717, 1.165) is 0 Å². The molecule has 0 N–H and O–H groups in total. The normalized spacial score (nSPS) is 26.8. The topological polar surface area (TPSA) is 15.6 Å². The fourth-order valence-electron chi connectivity index (χ4n) is 0.464. The second-order valence-corrected chi connectivity index (χ2v) is 2.10. The maximum atomic E-state index is 5.43.